The fraction of sp³-hybridized carbons (Fsp3) is 0.528. The van der Waals surface area contributed by atoms with Gasteiger partial charge in [-0.2, -0.15) is 0 Å². The summed E-state index contributed by atoms with van der Waals surface area (Å²) in [6.07, 6.45) is 6.56. The van der Waals surface area contributed by atoms with Gasteiger partial charge < -0.3 is 57.8 Å². The van der Waals surface area contributed by atoms with Crippen molar-refractivity contribution in [3.05, 3.63) is 89.0 Å². The van der Waals surface area contributed by atoms with Crippen LogP contribution in [0.3, 0.4) is 0 Å². The number of aryl methyl sites for hydroxylation is 2. The van der Waals surface area contributed by atoms with Crippen LogP contribution in [0.1, 0.15) is 125 Å². The van der Waals surface area contributed by atoms with E-state index in [2.05, 4.69) is 71.2 Å². The van der Waals surface area contributed by atoms with Gasteiger partial charge in [-0.25, -0.2) is 0 Å². The molecule has 70 heavy (non-hydrogen) atoms. The molecule has 3 aromatic carbocycles. The van der Waals surface area contributed by atoms with Gasteiger partial charge in [0.2, 0.25) is 11.8 Å². The van der Waals surface area contributed by atoms with E-state index in [0.29, 0.717) is 67.7 Å². The second-order valence-corrected chi connectivity index (χ2v) is 20.1. The molecule has 16 nitrogen and oxygen atoms in total. The maximum Gasteiger partial charge on any atom is 0.481 e. The van der Waals surface area contributed by atoms with Crippen molar-refractivity contribution >= 4 is 36.7 Å². The highest BCUT2D eigenvalue weighted by Gasteiger charge is 2.69. The average molecular weight is 959 g/mol. The topological polar surface area (TPSA) is 253 Å². The molecule has 8 rings (SSSR count). The molecule has 5 amide bonds. The minimum absolute atomic E-state index is 0.00487. The van der Waals surface area contributed by atoms with Crippen molar-refractivity contribution in [1.82, 2.24) is 26.2 Å². The first kappa shape index (κ1) is 52.1. The number of nitrogens with two attached hydrogens (primary N) is 3. The summed E-state index contributed by atoms with van der Waals surface area (Å²) < 4.78 is 12.9. The molecule has 17 heteroatoms. The zero-order valence-corrected chi connectivity index (χ0v) is 41.2. The number of phenolic OH excluding ortho intramolecular Hbond substituents is 1. The number of nitrogens with zero attached hydrogens (tertiary/aromatic N) is 1. The van der Waals surface area contributed by atoms with Gasteiger partial charge in [-0.05, 0) is 137 Å². The Balaban J connectivity index is 1.06. The number of aromatic hydroxyl groups is 1. The first-order chi connectivity index (χ1) is 33.4. The lowest BCUT2D eigenvalue weighted by Gasteiger charge is -2.64. The number of carbonyl (C=O) groups excluding carboxylic acids is 5. The molecule has 5 aliphatic rings. The molecule has 2 aliphatic heterocycles. The van der Waals surface area contributed by atoms with Gasteiger partial charge in [0.15, 0.2) is 12.2 Å². The molecular formula is C53H71BN8O8. The molecule has 10 unspecified atom stereocenters. The molecule has 374 valence electrons. The number of likely N-dealkylation sites (N-methyl/N-ethyl adjacent to an activating group) is 1. The molecule has 4 bridgehead atoms. The monoisotopic (exact) mass is 959 g/mol. The third kappa shape index (κ3) is 11.5. The largest absolute Gasteiger partial charge is 0.508 e. The van der Waals surface area contributed by atoms with Crippen molar-refractivity contribution in [1.29, 1.82) is 0 Å². The molecule has 1 saturated heterocycles. The van der Waals surface area contributed by atoms with Crippen molar-refractivity contribution in [3.8, 4) is 28.7 Å². The molecule has 2 heterocycles. The fourth-order valence-electron chi connectivity index (χ4n) is 10.6. The molecule has 0 radical (unpaired) electrons. The van der Waals surface area contributed by atoms with E-state index in [-0.39, 0.29) is 29.7 Å². The first-order valence-corrected chi connectivity index (χ1v) is 25.0. The lowest BCUT2D eigenvalue weighted by molar-refractivity contribution is -0.164. The van der Waals surface area contributed by atoms with Crippen LogP contribution in [0.25, 0.3) is 11.1 Å². The standard InChI is InChI=1S/C53H71BN8O8/c1-6-7-14-33-18-20-34(21-19-33)35-22-24-36(25-23-35)47(64)60-41(17-12-9-13-28-55)51(68)62(5)45-38-26-27-42(63)37(29-38)15-10-8-11-16-40(59-50(67)46(56)61-49(45)66)48(65)58-32(2)54-69-44-31-39-30-43(52(39,3)57)53(44,4)70-54/h18-27,29,32,39-41,43-46,63H,6-11,13-16,28,30-31,55-57H2,1-5H3,(H,58,65)(H,59,67)(H,60,64)(H,61,66). The molecule has 0 aromatic heterocycles. The highest BCUT2D eigenvalue weighted by molar-refractivity contribution is 6.47. The molecule has 3 saturated carbocycles. The maximum atomic E-state index is 14.6. The molecule has 4 fully saturated rings. The Morgan fingerprint density at radius 1 is 0.957 bits per heavy atom. The van der Waals surface area contributed by atoms with Crippen LogP contribution in [0.2, 0.25) is 0 Å². The van der Waals surface area contributed by atoms with Gasteiger partial charge in [-0.3, -0.25) is 24.0 Å². The van der Waals surface area contributed by atoms with E-state index in [9.17, 15) is 29.1 Å². The van der Waals surface area contributed by atoms with Gasteiger partial charge in [0.25, 0.3) is 17.7 Å². The minimum atomic E-state index is -1.65. The Hall–Kier alpha value is -5.77. The Morgan fingerprint density at radius 3 is 2.36 bits per heavy atom. The Labute approximate surface area is 412 Å². The summed E-state index contributed by atoms with van der Waals surface area (Å²) in [4.78, 5) is 71.8. The normalized spacial score (nSPS) is 27.3. The van der Waals surface area contributed by atoms with Gasteiger partial charge in [0.05, 0.1) is 17.6 Å². The molecule has 11 N–H and O–H groups in total. The smallest absolute Gasteiger partial charge is 0.481 e. The Kier molecular flexibility index (Phi) is 16.8. The van der Waals surface area contributed by atoms with Crippen LogP contribution in [-0.4, -0.2) is 102 Å². The predicted octanol–water partition coefficient (Wildman–Crippen LogP) is 3.91. The van der Waals surface area contributed by atoms with E-state index in [0.717, 1.165) is 48.1 Å². The molecular weight excluding hydrogens is 887 g/mol. The van der Waals surface area contributed by atoms with Gasteiger partial charge >= 0.3 is 7.12 Å². The number of amides is 5. The van der Waals surface area contributed by atoms with Gasteiger partial charge in [-0.15, -0.1) is 5.92 Å². The van der Waals surface area contributed by atoms with Crippen LogP contribution < -0.4 is 38.5 Å². The van der Waals surface area contributed by atoms with Crippen LogP contribution >= 0.6 is 0 Å². The van der Waals surface area contributed by atoms with Crippen molar-refractivity contribution in [2.75, 3.05) is 13.6 Å². The van der Waals surface area contributed by atoms with Crippen LogP contribution in [0.5, 0.6) is 5.75 Å². The summed E-state index contributed by atoms with van der Waals surface area (Å²) in [7, 11) is 0.668. The fourth-order valence-corrected chi connectivity index (χ4v) is 10.6. The highest BCUT2D eigenvalue weighted by atomic mass is 16.7. The summed E-state index contributed by atoms with van der Waals surface area (Å²) in [5.74, 6) is 2.33. The van der Waals surface area contributed by atoms with E-state index in [1.165, 1.54) is 24.7 Å². The quantitative estimate of drug-likeness (QED) is 0.0693. The average Bonchev–Trinajstić information content (AvgIpc) is 3.72. The number of carbonyl (C=O) groups is 5. The predicted molar refractivity (Wildman–Crippen MR) is 268 cm³/mol. The van der Waals surface area contributed by atoms with Gasteiger partial charge in [0, 0.05) is 30.5 Å². The first-order valence-electron chi connectivity index (χ1n) is 25.0. The second-order valence-electron chi connectivity index (χ2n) is 20.1. The SMILES string of the molecule is CCCCc1ccc(-c2ccc(C(=O)NC(C#CCCCN)C(=O)N(C)C3C(=O)NC(N)C(=O)NC(C(=O)NC(C)B4OC5CC6CC(C6(C)N)C5(C)O4)CCCCCc4cc3ccc4O)cc2)cc1. The molecule has 3 aromatic rings. The van der Waals surface area contributed by atoms with E-state index in [1.807, 2.05) is 19.1 Å². The number of nitrogens with one attached hydrogen (secondary N) is 4. The molecule has 0 spiro atoms. The summed E-state index contributed by atoms with van der Waals surface area (Å²) in [6, 6.07) is 16.2. The van der Waals surface area contributed by atoms with Crippen LogP contribution in [-0.2, 0) is 41.3 Å². The van der Waals surface area contributed by atoms with Crippen LogP contribution in [0.15, 0.2) is 66.7 Å². The van der Waals surface area contributed by atoms with E-state index in [4.69, 9.17) is 26.5 Å². The number of hydrogen-bond acceptors (Lipinski definition) is 11. The lowest BCUT2D eigenvalue weighted by atomic mass is 9.47. The minimum Gasteiger partial charge on any atom is -0.508 e. The zero-order valence-electron chi connectivity index (χ0n) is 41.2. The summed E-state index contributed by atoms with van der Waals surface area (Å²) in [5, 5.41) is 22.0. The van der Waals surface area contributed by atoms with Crippen LogP contribution in [0, 0.1) is 23.7 Å². The van der Waals surface area contributed by atoms with Gasteiger partial charge in [-0.1, -0.05) is 74.6 Å². The summed E-state index contributed by atoms with van der Waals surface area (Å²) in [6.45, 7) is 8.43. The summed E-state index contributed by atoms with van der Waals surface area (Å²) in [5.41, 5.74) is 22.2. The summed E-state index contributed by atoms with van der Waals surface area (Å²) >= 11 is 0. The number of phenols is 1. The third-order valence-electron chi connectivity index (χ3n) is 15.0. The molecule has 10 atom stereocenters. The number of rotatable bonds is 13. The third-order valence-corrected chi connectivity index (χ3v) is 15.0. The van der Waals surface area contributed by atoms with Crippen molar-refractivity contribution < 1.29 is 38.4 Å². The molecule has 3 aliphatic carbocycles. The number of fused-ring (bicyclic) bond motifs is 2. The lowest BCUT2D eigenvalue weighted by Crippen LogP contribution is -2.73. The zero-order chi connectivity index (χ0) is 50.3. The number of hydrogen-bond donors (Lipinski definition) is 8. The Morgan fingerprint density at radius 2 is 1.67 bits per heavy atom. The number of unbranched alkanes of at least 4 members (excludes halogenated alkanes) is 2. The number of benzene rings is 3. The highest BCUT2D eigenvalue weighted by Crippen LogP contribution is 2.60. The van der Waals surface area contributed by atoms with Crippen molar-refractivity contribution in [3.63, 3.8) is 0 Å². The van der Waals surface area contributed by atoms with Crippen molar-refractivity contribution in [2.45, 2.75) is 152 Å². The second kappa shape index (κ2) is 22.5. The van der Waals surface area contributed by atoms with E-state index < -0.39 is 72.5 Å². The van der Waals surface area contributed by atoms with Crippen molar-refractivity contribution in [2.24, 2.45) is 29.0 Å². The van der Waals surface area contributed by atoms with E-state index >= 15 is 0 Å². The van der Waals surface area contributed by atoms with E-state index in [1.54, 1.807) is 25.1 Å². The maximum absolute atomic E-state index is 14.6. The van der Waals surface area contributed by atoms with Gasteiger partial charge in [0.1, 0.15) is 17.8 Å². The Bertz CT molecular complexity index is 2440. The van der Waals surface area contributed by atoms with Crippen LogP contribution in [0.4, 0.5) is 0 Å².